The Morgan fingerprint density at radius 2 is 1.87 bits per heavy atom. The van der Waals surface area contributed by atoms with E-state index in [1.807, 2.05) is 12.1 Å². The first-order valence-corrected chi connectivity index (χ1v) is 11.7. The molecule has 2 aliphatic rings. The molecule has 2 fully saturated rings. The Bertz CT molecular complexity index is 841. The molecule has 31 heavy (non-hydrogen) atoms. The van der Waals surface area contributed by atoms with Crippen molar-refractivity contribution in [2.24, 2.45) is 0 Å². The minimum absolute atomic E-state index is 0.153. The minimum atomic E-state index is -0.202. The van der Waals surface area contributed by atoms with Gasteiger partial charge in [0.1, 0.15) is 11.6 Å². The third kappa shape index (κ3) is 6.40. The first-order chi connectivity index (χ1) is 15.2. The molecule has 1 aromatic carbocycles. The number of nitrogens with one attached hydrogen (secondary N) is 1. The maximum Gasteiger partial charge on any atom is 0.287 e. The van der Waals surface area contributed by atoms with Crippen LogP contribution in [-0.2, 0) is 13.1 Å². The average molecular weight is 428 g/mol. The molecule has 1 amide bonds. The zero-order chi connectivity index (χ0) is 21.5. The second-order valence-electron chi connectivity index (χ2n) is 8.90. The first kappa shape index (κ1) is 22.0. The molecule has 1 N–H and O–H groups in total. The number of furan rings is 1. The highest BCUT2D eigenvalue weighted by atomic mass is 19.1. The zero-order valence-corrected chi connectivity index (χ0v) is 18.3. The van der Waals surface area contributed by atoms with Crippen LogP contribution in [0, 0.1) is 5.82 Å². The number of benzene rings is 1. The second kappa shape index (κ2) is 10.9. The van der Waals surface area contributed by atoms with E-state index in [2.05, 4.69) is 15.1 Å². The van der Waals surface area contributed by atoms with Crippen LogP contribution >= 0.6 is 0 Å². The van der Waals surface area contributed by atoms with Crippen LogP contribution < -0.4 is 5.32 Å². The van der Waals surface area contributed by atoms with E-state index in [-0.39, 0.29) is 11.7 Å². The Labute approximate surface area is 184 Å². The van der Waals surface area contributed by atoms with E-state index in [0.717, 1.165) is 43.8 Å². The molecule has 168 valence electrons. The molecule has 6 heteroatoms. The lowest BCUT2D eigenvalue weighted by Crippen LogP contribution is -2.35. The van der Waals surface area contributed by atoms with Crippen LogP contribution in [0.1, 0.15) is 66.8 Å². The highest BCUT2D eigenvalue weighted by molar-refractivity contribution is 5.91. The zero-order valence-electron chi connectivity index (χ0n) is 18.3. The third-order valence-corrected chi connectivity index (χ3v) is 6.52. The first-order valence-electron chi connectivity index (χ1n) is 11.7. The van der Waals surface area contributed by atoms with Crippen LogP contribution in [-0.4, -0.2) is 47.9 Å². The van der Waals surface area contributed by atoms with Crippen molar-refractivity contribution < 1.29 is 13.6 Å². The molecule has 0 radical (unpaired) electrons. The van der Waals surface area contributed by atoms with Crippen LogP contribution in [0.3, 0.4) is 0 Å². The van der Waals surface area contributed by atoms with Crippen LogP contribution in [0.5, 0.6) is 0 Å². The van der Waals surface area contributed by atoms with Crippen LogP contribution in [0.25, 0.3) is 0 Å². The Morgan fingerprint density at radius 3 is 2.65 bits per heavy atom. The maximum absolute atomic E-state index is 13.7. The molecule has 1 aromatic heterocycles. The summed E-state index contributed by atoms with van der Waals surface area (Å²) in [7, 11) is 0. The van der Waals surface area contributed by atoms with Gasteiger partial charge in [-0.25, -0.2) is 4.39 Å². The summed E-state index contributed by atoms with van der Waals surface area (Å²) in [6.07, 6.45) is 8.55. The molecule has 0 unspecified atom stereocenters. The second-order valence-corrected chi connectivity index (χ2v) is 8.90. The molecule has 0 spiro atoms. The fraction of sp³-hybridized carbons (Fsp3) is 0.560. The predicted octanol–water partition coefficient (Wildman–Crippen LogP) is 4.58. The molecule has 5 nitrogen and oxygen atoms in total. The van der Waals surface area contributed by atoms with Gasteiger partial charge in [-0.2, -0.15) is 0 Å². The largest absolute Gasteiger partial charge is 0.455 e. The van der Waals surface area contributed by atoms with Crippen molar-refractivity contribution in [2.45, 2.75) is 64.1 Å². The lowest BCUT2D eigenvalue weighted by Gasteiger charge is -2.34. The highest BCUT2D eigenvalue weighted by Crippen LogP contribution is 2.26. The van der Waals surface area contributed by atoms with Gasteiger partial charge in [0.2, 0.25) is 0 Å². The van der Waals surface area contributed by atoms with Gasteiger partial charge in [0.05, 0.1) is 6.54 Å². The average Bonchev–Trinajstić information content (AvgIpc) is 3.46. The number of halogens is 1. The summed E-state index contributed by atoms with van der Waals surface area (Å²) in [5, 5.41) is 2.97. The minimum Gasteiger partial charge on any atom is -0.455 e. The van der Waals surface area contributed by atoms with Gasteiger partial charge in [-0.15, -0.1) is 0 Å². The Morgan fingerprint density at radius 1 is 1.06 bits per heavy atom. The molecule has 1 aliphatic heterocycles. The van der Waals surface area contributed by atoms with Crippen molar-refractivity contribution in [1.82, 2.24) is 15.1 Å². The van der Waals surface area contributed by atoms with Crippen LogP contribution in [0.15, 0.2) is 40.8 Å². The van der Waals surface area contributed by atoms with Crippen molar-refractivity contribution in [3.05, 3.63) is 59.3 Å². The van der Waals surface area contributed by atoms with Crippen molar-refractivity contribution in [2.75, 3.05) is 26.2 Å². The molecule has 1 aliphatic carbocycles. The lowest BCUT2D eigenvalue weighted by atomic mass is 9.93. The number of likely N-dealkylation sites (tertiary alicyclic amines) is 1. The lowest BCUT2D eigenvalue weighted by molar-refractivity contribution is 0.0912. The van der Waals surface area contributed by atoms with Gasteiger partial charge in [-0.05, 0) is 68.6 Å². The van der Waals surface area contributed by atoms with Gasteiger partial charge < -0.3 is 14.6 Å². The Balaban J connectivity index is 1.36. The van der Waals surface area contributed by atoms with Gasteiger partial charge in [-0.1, -0.05) is 31.4 Å². The summed E-state index contributed by atoms with van der Waals surface area (Å²) in [5.74, 6) is 0.796. The SMILES string of the molecule is O=C(NCCN1CCCC1)c1ccc(CN(Cc2cccc(F)c2)C2CCCCC2)o1. The van der Waals surface area contributed by atoms with Gasteiger partial charge in [0.15, 0.2) is 5.76 Å². The molecule has 1 saturated heterocycles. The third-order valence-electron chi connectivity index (χ3n) is 6.52. The van der Waals surface area contributed by atoms with Crippen LogP contribution in [0.4, 0.5) is 4.39 Å². The standard InChI is InChI=1S/C25H34FN3O2/c26-21-8-6-7-20(17-21)18-29(22-9-2-1-3-10-22)19-23-11-12-24(31-23)25(30)27-13-16-28-14-4-5-15-28/h6-8,11-12,17,22H,1-5,9-10,13-16,18-19H2,(H,27,30). The molecule has 1 saturated carbocycles. The maximum atomic E-state index is 13.7. The Kier molecular flexibility index (Phi) is 7.76. The molecule has 0 atom stereocenters. The summed E-state index contributed by atoms with van der Waals surface area (Å²) >= 11 is 0. The summed E-state index contributed by atoms with van der Waals surface area (Å²) in [4.78, 5) is 17.2. The number of amides is 1. The number of nitrogens with zero attached hydrogens (tertiary/aromatic N) is 2. The van der Waals surface area contributed by atoms with Crippen molar-refractivity contribution in [3.8, 4) is 0 Å². The summed E-state index contributed by atoms with van der Waals surface area (Å²) in [5.41, 5.74) is 0.969. The highest BCUT2D eigenvalue weighted by Gasteiger charge is 2.23. The molecular weight excluding hydrogens is 393 g/mol. The topological polar surface area (TPSA) is 48.7 Å². The van der Waals surface area contributed by atoms with Gasteiger partial charge in [0.25, 0.3) is 5.91 Å². The van der Waals surface area contributed by atoms with Crippen molar-refractivity contribution in [3.63, 3.8) is 0 Å². The number of rotatable bonds is 9. The van der Waals surface area contributed by atoms with E-state index in [4.69, 9.17) is 4.42 Å². The van der Waals surface area contributed by atoms with E-state index in [9.17, 15) is 9.18 Å². The summed E-state index contributed by atoms with van der Waals surface area (Å²) in [6.45, 7) is 5.10. The molecule has 2 aromatic rings. The molecule has 4 rings (SSSR count). The Hall–Kier alpha value is -2.18. The predicted molar refractivity (Wildman–Crippen MR) is 119 cm³/mol. The molecular formula is C25H34FN3O2. The fourth-order valence-electron chi connectivity index (χ4n) is 4.84. The van der Waals surface area contributed by atoms with E-state index < -0.39 is 0 Å². The van der Waals surface area contributed by atoms with Gasteiger partial charge in [0, 0.05) is 25.7 Å². The van der Waals surface area contributed by atoms with E-state index in [1.54, 1.807) is 18.2 Å². The van der Waals surface area contributed by atoms with Crippen molar-refractivity contribution >= 4 is 5.91 Å². The quantitative estimate of drug-likeness (QED) is 0.636. The fourth-order valence-corrected chi connectivity index (χ4v) is 4.84. The smallest absolute Gasteiger partial charge is 0.287 e. The van der Waals surface area contributed by atoms with E-state index in [1.165, 1.54) is 38.2 Å². The van der Waals surface area contributed by atoms with Crippen molar-refractivity contribution in [1.29, 1.82) is 0 Å². The number of carbonyl (C=O) groups excluding carboxylic acids is 1. The number of hydrogen-bond acceptors (Lipinski definition) is 4. The van der Waals surface area contributed by atoms with E-state index >= 15 is 0 Å². The monoisotopic (exact) mass is 427 g/mol. The van der Waals surface area contributed by atoms with E-state index in [0.29, 0.717) is 31.4 Å². The molecule has 0 bridgehead atoms. The van der Waals surface area contributed by atoms with Gasteiger partial charge >= 0.3 is 0 Å². The number of carbonyl (C=O) groups is 1. The normalized spacial score (nSPS) is 18.0. The van der Waals surface area contributed by atoms with Crippen LogP contribution in [0.2, 0.25) is 0 Å². The van der Waals surface area contributed by atoms with Gasteiger partial charge in [-0.3, -0.25) is 9.69 Å². The number of hydrogen-bond donors (Lipinski definition) is 1. The molecule has 2 heterocycles. The summed E-state index contributed by atoms with van der Waals surface area (Å²) in [6, 6.07) is 11.0. The summed E-state index contributed by atoms with van der Waals surface area (Å²) < 4.78 is 19.6.